The molecule has 8 heteroatoms. The fourth-order valence-corrected chi connectivity index (χ4v) is 3.06. The molecule has 0 aliphatic heterocycles. The van der Waals surface area contributed by atoms with Crippen LogP contribution in [0.5, 0.6) is 5.75 Å². The monoisotopic (exact) mass is 548 g/mol. The largest absolute Gasteiger partial charge is 0.492 e. The van der Waals surface area contributed by atoms with Crippen molar-refractivity contribution in [2.75, 3.05) is 40.8 Å². The van der Waals surface area contributed by atoms with Crippen LogP contribution in [0.15, 0.2) is 72.0 Å². The van der Waals surface area contributed by atoms with Gasteiger partial charge in [-0.2, -0.15) is 5.10 Å². The summed E-state index contributed by atoms with van der Waals surface area (Å²) in [5, 5.41) is 11.0. The van der Waals surface area contributed by atoms with Crippen LogP contribution in [0.4, 0.5) is 0 Å². The topological polar surface area (TPSA) is 66.7 Å². The van der Waals surface area contributed by atoms with Crippen LogP contribution in [0.1, 0.15) is 11.1 Å². The smallest absolute Gasteiger partial charge is 0.191 e. The minimum absolute atomic E-state index is 0. The average Bonchev–Trinajstić information content (AvgIpc) is 3.31. The minimum atomic E-state index is 0. The second-order valence-corrected chi connectivity index (χ2v) is 7.52. The molecule has 0 atom stereocenters. The Balaban J connectivity index is 0.00000363. The molecule has 0 radical (unpaired) electrons. The van der Waals surface area contributed by atoms with E-state index in [0.717, 1.165) is 42.5 Å². The maximum Gasteiger partial charge on any atom is 0.191 e. The molecule has 3 rings (SSSR count). The van der Waals surface area contributed by atoms with E-state index in [1.807, 2.05) is 43.2 Å². The lowest BCUT2D eigenvalue weighted by Crippen LogP contribution is -2.37. The van der Waals surface area contributed by atoms with E-state index in [0.29, 0.717) is 13.2 Å². The lowest BCUT2D eigenvalue weighted by Gasteiger charge is -2.14. The maximum absolute atomic E-state index is 5.82. The van der Waals surface area contributed by atoms with E-state index in [1.165, 1.54) is 5.56 Å². The summed E-state index contributed by atoms with van der Waals surface area (Å²) < 4.78 is 7.67. The Labute approximate surface area is 207 Å². The van der Waals surface area contributed by atoms with E-state index in [-0.39, 0.29) is 24.0 Å². The highest BCUT2D eigenvalue weighted by Crippen LogP contribution is 2.13. The van der Waals surface area contributed by atoms with Gasteiger partial charge in [0.2, 0.25) is 0 Å². The normalized spacial score (nSPS) is 11.2. The second-order valence-electron chi connectivity index (χ2n) is 7.52. The van der Waals surface area contributed by atoms with E-state index in [4.69, 9.17) is 4.74 Å². The molecule has 0 aliphatic rings. The molecule has 0 saturated carbocycles. The maximum atomic E-state index is 5.82. The van der Waals surface area contributed by atoms with Gasteiger partial charge in [-0.3, -0.25) is 4.99 Å². The third kappa shape index (κ3) is 8.51. The van der Waals surface area contributed by atoms with Crippen molar-refractivity contribution in [1.82, 2.24) is 25.3 Å². The summed E-state index contributed by atoms with van der Waals surface area (Å²) in [6.45, 7) is 3.05. The molecule has 0 fully saturated rings. The number of guanidine groups is 1. The summed E-state index contributed by atoms with van der Waals surface area (Å²) in [6.07, 6.45) is 4.64. The molecule has 0 amide bonds. The lowest BCUT2D eigenvalue weighted by atomic mass is 10.1. The van der Waals surface area contributed by atoms with Crippen LogP contribution in [-0.2, 0) is 13.0 Å². The van der Waals surface area contributed by atoms with Gasteiger partial charge in [-0.15, -0.1) is 24.0 Å². The zero-order valence-electron chi connectivity index (χ0n) is 19.0. The van der Waals surface area contributed by atoms with Crippen LogP contribution in [0.25, 0.3) is 5.69 Å². The Morgan fingerprint density at radius 3 is 2.56 bits per heavy atom. The summed E-state index contributed by atoms with van der Waals surface area (Å²) in [5.41, 5.74) is 3.48. The van der Waals surface area contributed by atoms with Crippen LogP contribution >= 0.6 is 24.0 Å². The van der Waals surface area contributed by atoms with Gasteiger partial charge in [0.15, 0.2) is 5.96 Å². The molecule has 1 heterocycles. The van der Waals surface area contributed by atoms with E-state index in [9.17, 15) is 0 Å². The summed E-state index contributed by atoms with van der Waals surface area (Å²) >= 11 is 0. The van der Waals surface area contributed by atoms with Crippen LogP contribution in [-0.4, -0.2) is 61.5 Å². The molecule has 0 aliphatic carbocycles. The highest BCUT2D eigenvalue weighted by atomic mass is 127. The Kier molecular flexibility index (Phi) is 11.0. The van der Waals surface area contributed by atoms with Crippen LogP contribution in [0.2, 0.25) is 0 Å². The van der Waals surface area contributed by atoms with E-state index < -0.39 is 0 Å². The molecule has 1 aromatic heterocycles. The van der Waals surface area contributed by atoms with Gasteiger partial charge in [-0.25, -0.2) is 4.68 Å². The van der Waals surface area contributed by atoms with E-state index in [1.54, 1.807) is 13.2 Å². The first-order chi connectivity index (χ1) is 15.1. The third-order valence-electron chi connectivity index (χ3n) is 4.80. The van der Waals surface area contributed by atoms with Gasteiger partial charge < -0.3 is 20.3 Å². The Morgan fingerprint density at radius 1 is 1.06 bits per heavy atom. The number of aliphatic imine (C=N–C) groups is 1. The third-order valence-corrected chi connectivity index (χ3v) is 4.80. The predicted molar refractivity (Wildman–Crippen MR) is 141 cm³/mol. The van der Waals surface area contributed by atoms with Gasteiger partial charge in [-0.05, 0) is 62.0 Å². The molecular formula is C24H33IN6O. The van der Waals surface area contributed by atoms with Gasteiger partial charge in [0.25, 0.3) is 0 Å². The fraction of sp³-hybridized carbons (Fsp3) is 0.333. The number of hydrogen-bond donors (Lipinski definition) is 2. The van der Waals surface area contributed by atoms with E-state index >= 15 is 0 Å². The highest BCUT2D eigenvalue weighted by Gasteiger charge is 2.02. The molecule has 2 aromatic carbocycles. The number of aromatic nitrogens is 2. The van der Waals surface area contributed by atoms with Crippen LogP contribution in [0, 0.1) is 0 Å². The van der Waals surface area contributed by atoms with Crippen molar-refractivity contribution < 1.29 is 4.74 Å². The summed E-state index contributed by atoms with van der Waals surface area (Å²) in [5.74, 6) is 1.68. The Bertz CT molecular complexity index is 941. The van der Waals surface area contributed by atoms with Gasteiger partial charge in [0.05, 0.1) is 5.69 Å². The quantitative estimate of drug-likeness (QED) is 0.231. The minimum Gasteiger partial charge on any atom is -0.492 e. The Hall–Kier alpha value is -2.59. The van der Waals surface area contributed by atoms with Crippen LogP contribution in [0.3, 0.4) is 0 Å². The molecule has 0 bridgehead atoms. The number of hydrogen-bond acceptors (Lipinski definition) is 4. The number of nitrogens with zero attached hydrogens (tertiary/aromatic N) is 4. The molecule has 32 heavy (non-hydrogen) atoms. The highest BCUT2D eigenvalue weighted by molar-refractivity contribution is 14.0. The SMILES string of the molecule is CN=C(NCCc1ccc(-n2cccn2)cc1)NCc1cccc(OCCN(C)C)c1.I. The second kappa shape index (κ2) is 13.7. The fourth-order valence-electron chi connectivity index (χ4n) is 3.06. The number of rotatable bonds is 10. The molecule has 3 aromatic rings. The van der Waals surface area contributed by atoms with E-state index in [2.05, 4.69) is 62.0 Å². The number of nitrogens with one attached hydrogen (secondary N) is 2. The Morgan fingerprint density at radius 2 is 1.88 bits per heavy atom. The van der Waals surface area contributed by atoms with Crippen molar-refractivity contribution in [3.05, 3.63) is 78.1 Å². The molecule has 0 spiro atoms. The first kappa shape index (κ1) is 25.7. The van der Waals surface area contributed by atoms with Gasteiger partial charge in [-0.1, -0.05) is 24.3 Å². The molecule has 7 nitrogen and oxygen atoms in total. The van der Waals surface area contributed by atoms with Gasteiger partial charge in [0.1, 0.15) is 12.4 Å². The zero-order valence-corrected chi connectivity index (χ0v) is 21.3. The van der Waals surface area contributed by atoms with Crippen molar-refractivity contribution in [2.24, 2.45) is 4.99 Å². The lowest BCUT2D eigenvalue weighted by molar-refractivity contribution is 0.261. The van der Waals surface area contributed by atoms with Crippen molar-refractivity contribution in [3.8, 4) is 11.4 Å². The standard InChI is InChI=1S/C24H32N6O.HI/c1-25-24(27-19-21-6-4-7-23(18-21)31-17-16-29(2)3)26-14-12-20-8-10-22(11-9-20)30-15-5-13-28-30;/h4-11,13,15,18H,12,14,16-17,19H2,1-3H3,(H2,25,26,27);1H. The molecule has 0 saturated heterocycles. The van der Waals surface area contributed by atoms with Crippen molar-refractivity contribution >= 4 is 29.9 Å². The number of ether oxygens (including phenoxy) is 1. The first-order valence-electron chi connectivity index (χ1n) is 10.5. The first-order valence-corrected chi connectivity index (χ1v) is 10.5. The summed E-state index contributed by atoms with van der Waals surface area (Å²) in [6, 6.07) is 18.5. The molecule has 172 valence electrons. The van der Waals surface area contributed by atoms with Crippen molar-refractivity contribution in [2.45, 2.75) is 13.0 Å². The summed E-state index contributed by atoms with van der Waals surface area (Å²) in [7, 11) is 5.87. The van der Waals surface area contributed by atoms with Gasteiger partial charge >= 0.3 is 0 Å². The predicted octanol–water partition coefficient (Wildman–Crippen LogP) is 3.34. The number of likely N-dealkylation sites (N-methyl/N-ethyl adjacent to an activating group) is 1. The number of halogens is 1. The summed E-state index contributed by atoms with van der Waals surface area (Å²) in [4.78, 5) is 6.43. The zero-order chi connectivity index (χ0) is 21.9. The van der Waals surface area contributed by atoms with Crippen molar-refractivity contribution in [1.29, 1.82) is 0 Å². The van der Waals surface area contributed by atoms with Crippen LogP contribution < -0.4 is 15.4 Å². The molecule has 0 unspecified atom stereocenters. The average molecular weight is 548 g/mol. The molecular weight excluding hydrogens is 515 g/mol. The molecule has 2 N–H and O–H groups in total. The van der Waals surface area contributed by atoms with Crippen molar-refractivity contribution in [3.63, 3.8) is 0 Å². The number of benzene rings is 2. The van der Waals surface area contributed by atoms with Gasteiger partial charge in [0, 0.05) is 39.1 Å².